The molecule has 1 heterocycles. The van der Waals surface area contributed by atoms with Crippen LogP contribution in [-0.4, -0.2) is 36.7 Å². The summed E-state index contributed by atoms with van der Waals surface area (Å²) in [7, 11) is 0. The predicted molar refractivity (Wildman–Crippen MR) is 73.9 cm³/mol. The van der Waals surface area contributed by atoms with Crippen LogP contribution in [0.4, 0.5) is 0 Å². The van der Waals surface area contributed by atoms with Crippen LogP contribution < -0.4 is 4.74 Å². The van der Waals surface area contributed by atoms with E-state index < -0.39 is 29.8 Å². The number of benzene rings is 2. The van der Waals surface area contributed by atoms with Gasteiger partial charge in [0, 0.05) is 12.1 Å². The van der Waals surface area contributed by atoms with Crippen LogP contribution >= 0.6 is 0 Å². The zero-order valence-corrected chi connectivity index (χ0v) is 11.2. The molecule has 2 aromatic carbocycles. The second-order valence-electron chi connectivity index (χ2n) is 5.10. The largest absolute Gasteiger partial charge is 0.508 e. The Hall–Kier alpha value is -2.64. The summed E-state index contributed by atoms with van der Waals surface area (Å²) in [4.78, 5) is 0. The molecule has 2 aromatic rings. The standard InChI is InChI=1S/C15H14O7/c16-7-4-10(19)12-11(5-7)22-15(14(21)13(12)20)6-1-2-8(17)9(18)3-6/h1-5,13-21H/t13-,14+,15-/m1/s1. The van der Waals surface area contributed by atoms with Crippen LogP contribution in [0.25, 0.3) is 0 Å². The van der Waals surface area contributed by atoms with Gasteiger partial charge >= 0.3 is 0 Å². The summed E-state index contributed by atoms with van der Waals surface area (Å²) in [5.41, 5.74) is 0.292. The summed E-state index contributed by atoms with van der Waals surface area (Å²) in [6, 6.07) is 6.08. The quantitative estimate of drug-likeness (QED) is 0.434. The van der Waals surface area contributed by atoms with E-state index in [9.17, 15) is 30.6 Å². The van der Waals surface area contributed by atoms with Gasteiger partial charge in [-0.2, -0.15) is 0 Å². The highest BCUT2D eigenvalue weighted by atomic mass is 16.5. The minimum absolute atomic E-state index is 0.0212. The molecule has 116 valence electrons. The maximum atomic E-state index is 10.2. The number of aliphatic hydroxyl groups is 2. The van der Waals surface area contributed by atoms with E-state index in [2.05, 4.69) is 0 Å². The SMILES string of the molecule is Oc1cc(O)c2c(c1)O[C@H](c1ccc(O)c(O)c1)[C@@H](O)[C@@H]2O. The Bertz CT molecular complexity index is 728. The minimum atomic E-state index is -1.44. The third-order valence-electron chi connectivity index (χ3n) is 3.62. The highest BCUT2D eigenvalue weighted by molar-refractivity contribution is 5.53. The summed E-state index contributed by atoms with van der Waals surface area (Å²) >= 11 is 0. The number of phenolic OH excluding ortho intramolecular Hbond substituents is 4. The van der Waals surface area contributed by atoms with Crippen LogP contribution in [-0.2, 0) is 0 Å². The Labute approximate surface area is 124 Å². The Balaban J connectivity index is 2.06. The first-order valence-corrected chi connectivity index (χ1v) is 6.49. The van der Waals surface area contributed by atoms with Crippen LogP contribution in [0.1, 0.15) is 23.3 Å². The summed E-state index contributed by atoms with van der Waals surface area (Å²) < 4.78 is 5.53. The molecule has 22 heavy (non-hydrogen) atoms. The predicted octanol–water partition coefficient (Wildman–Crippen LogP) is 1.04. The minimum Gasteiger partial charge on any atom is -0.508 e. The van der Waals surface area contributed by atoms with E-state index in [4.69, 9.17) is 4.74 Å². The number of aromatic hydroxyl groups is 4. The lowest BCUT2D eigenvalue weighted by Crippen LogP contribution is -2.34. The molecule has 7 heteroatoms. The van der Waals surface area contributed by atoms with Crippen LogP contribution in [0.5, 0.6) is 28.7 Å². The van der Waals surface area contributed by atoms with Gasteiger partial charge in [0.05, 0.1) is 5.56 Å². The molecule has 0 saturated heterocycles. The summed E-state index contributed by atoms with van der Waals surface area (Å²) in [6.45, 7) is 0. The zero-order valence-electron chi connectivity index (χ0n) is 11.2. The lowest BCUT2D eigenvalue weighted by molar-refractivity contribution is -0.0711. The van der Waals surface area contributed by atoms with Gasteiger partial charge in [-0.3, -0.25) is 0 Å². The molecule has 0 aromatic heterocycles. The van der Waals surface area contributed by atoms with Crippen molar-refractivity contribution >= 4 is 0 Å². The van der Waals surface area contributed by atoms with Gasteiger partial charge in [-0.1, -0.05) is 6.07 Å². The van der Waals surface area contributed by atoms with Crippen LogP contribution in [0.15, 0.2) is 30.3 Å². The molecule has 6 N–H and O–H groups in total. The zero-order chi connectivity index (χ0) is 16.0. The Morgan fingerprint density at radius 3 is 2.23 bits per heavy atom. The number of hydrogen-bond donors (Lipinski definition) is 6. The van der Waals surface area contributed by atoms with Crippen molar-refractivity contribution in [3.8, 4) is 28.7 Å². The van der Waals surface area contributed by atoms with E-state index in [-0.39, 0.29) is 22.8 Å². The molecule has 0 spiro atoms. The fourth-order valence-electron chi connectivity index (χ4n) is 2.52. The van der Waals surface area contributed by atoms with Gasteiger partial charge in [-0.05, 0) is 17.7 Å². The summed E-state index contributed by atoms with van der Waals surface area (Å²) in [6.07, 6.45) is -3.90. The molecule has 0 unspecified atom stereocenters. The average molecular weight is 306 g/mol. The molecule has 0 aliphatic carbocycles. The molecule has 7 nitrogen and oxygen atoms in total. The third-order valence-corrected chi connectivity index (χ3v) is 3.62. The maximum absolute atomic E-state index is 10.2. The molecule has 3 rings (SSSR count). The molecule has 0 amide bonds. The highest BCUT2D eigenvalue weighted by Crippen LogP contribution is 2.47. The van der Waals surface area contributed by atoms with Gasteiger partial charge in [0.25, 0.3) is 0 Å². The fraction of sp³-hybridized carbons (Fsp3) is 0.200. The van der Waals surface area contributed by atoms with Crippen LogP contribution in [0, 0.1) is 0 Å². The van der Waals surface area contributed by atoms with Crippen molar-refractivity contribution in [1.29, 1.82) is 0 Å². The van der Waals surface area contributed by atoms with Crippen molar-refractivity contribution in [2.24, 2.45) is 0 Å². The van der Waals surface area contributed by atoms with Crippen LogP contribution in [0.3, 0.4) is 0 Å². The number of aliphatic hydroxyl groups excluding tert-OH is 2. The molecule has 0 bridgehead atoms. The lowest BCUT2D eigenvalue weighted by atomic mass is 9.91. The van der Waals surface area contributed by atoms with Gasteiger partial charge in [-0.25, -0.2) is 0 Å². The third kappa shape index (κ3) is 2.16. The number of phenols is 4. The smallest absolute Gasteiger partial charge is 0.157 e. The summed E-state index contributed by atoms with van der Waals surface area (Å²) in [5, 5.41) is 58.5. The van der Waals surface area contributed by atoms with Crippen molar-refractivity contribution < 1.29 is 35.4 Å². The van der Waals surface area contributed by atoms with Gasteiger partial charge in [-0.15, -0.1) is 0 Å². The monoisotopic (exact) mass is 306 g/mol. The van der Waals surface area contributed by atoms with Gasteiger partial charge in [0.1, 0.15) is 29.5 Å². The van der Waals surface area contributed by atoms with E-state index in [0.29, 0.717) is 5.56 Å². The van der Waals surface area contributed by atoms with Crippen LogP contribution in [0.2, 0.25) is 0 Å². The van der Waals surface area contributed by atoms with Crippen molar-refractivity contribution in [2.45, 2.75) is 18.3 Å². The molecule has 3 atom stereocenters. The number of hydrogen-bond acceptors (Lipinski definition) is 7. The van der Waals surface area contributed by atoms with E-state index in [1.165, 1.54) is 24.3 Å². The second-order valence-corrected chi connectivity index (χ2v) is 5.10. The maximum Gasteiger partial charge on any atom is 0.157 e. The molecular formula is C15H14O7. The Morgan fingerprint density at radius 1 is 0.818 bits per heavy atom. The van der Waals surface area contributed by atoms with E-state index in [0.717, 1.165) is 6.07 Å². The number of ether oxygens (including phenoxy) is 1. The second kappa shape index (κ2) is 4.97. The van der Waals surface area contributed by atoms with E-state index >= 15 is 0 Å². The molecular weight excluding hydrogens is 292 g/mol. The molecule has 0 fully saturated rings. The highest BCUT2D eigenvalue weighted by Gasteiger charge is 2.39. The van der Waals surface area contributed by atoms with Crippen molar-refractivity contribution in [1.82, 2.24) is 0 Å². The van der Waals surface area contributed by atoms with Crippen molar-refractivity contribution in [3.63, 3.8) is 0 Å². The molecule has 1 aliphatic rings. The van der Waals surface area contributed by atoms with Gasteiger partial charge < -0.3 is 35.4 Å². The normalized spacial score (nSPS) is 23.6. The Morgan fingerprint density at radius 2 is 1.55 bits per heavy atom. The topological polar surface area (TPSA) is 131 Å². The first kappa shape index (κ1) is 14.3. The van der Waals surface area contributed by atoms with Gasteiger partial charge in [0.2, 0.25) is 0 Å². The lowest BCUT2D eigenvalue weighted by Gasteiger charge is -2.34. The van der Waals surface area contributed by atoms with Gasteiger partial charge in [0.15, 0.2) is 17.6 Å². The average Bonchev–Trinajstić information content (AvgIpc) is 2.45. The number of fused-ring (bicyclic) bond motifs is 1. The number of rotatable bonds is 1. The molecule has 0 radical (unpaired) electrons. The van der Waals surface area contributed by atoms with Crippen molar-refractivity contribution in [2.75, 3.05) is 0 Å². The molecule has 1 aliphatic heterocycles. The van der Waals surface area contributed by atoms with Crippen molar-refractivity contribution in [3.05, 3.63) is 41.5 Å². The molecule has 0 saturated carbocycles. The summed E-state index contributed by atoms with van der Waals surface area (Å²) in [5.74, 6) is -1.36. The first-order valence-electron chi connectivity index (χ1n) is 6.49. The van der Waals surface area contributed by atoms with E-state index in [1.807, 2.05) is 0 Å². The Kier molecular flexibility index (Phi) is 3.23. The fourth-order valence-corrected chi connectivity index (χ4v) is 2.52. The van der Waals surface area contributed by atoms with E-state index in [1.54, 1.807) is 0 Å². The first-order chi connectivity index (χ1) is 10.4.